The van der Waals surface area contributed by atoms with Crippen molar-refractivity contribution >= 4 is 17.2 Å². The summed E-state index contributed by atoms with van der Waals surface area (Å²) >= 11 is 0. The van der Waals surface area contributed by atoms with E-state index in [9.17, 15) is 14.2 Å². The van der Waals surface area contributed by atoms with E-state index in [4.69, 9.17) is 0 Å². The van der Waals surface area contributed by atoms with Crippen molar-refractivity contribution in [3.05, 3.63) is 159 Å². The number of nitrogens with zero attached hydrogens (tertiary/aromatic N) is 3. The van der Waals surface area contributed by atoms with Gasteiger partial charge < -0.3 is 37.5 Å². The molecule has 1 saturated carbocycles. The molecule has 2 heterocycles. The van der Waals surface area contributed by atoms with Gasteiger partial charge >= 0.3 is 21.7 Å². The maximum Gasteiger partial charge on any atom is 4.00 e. The van der Waals surface area contributed by atoms with E-state index in [0.717, 1.165) is 11.5 Å². The Morgan fingerprint density at radius 3 is 2.02 bits per heavy atom. The Morgan fingerprint density at radius 1 is 0.762 bits per heavy atom. The number of benzene rings is 4. The summed E-state index contributed by atoms with van der Waals surface area (Å²) in [4.78, 5) is 3.77. The normalized spacial score (nSPS) is 20.8. The van der Waals surface area contributed by atoms with Gasteiger partial charge in [0.1, 0.15) is 11.6 Å². The standard InChI is InChI=1S/C19H21N.C14H9F2N2.3CH3.Ti/c1-13-12-16-15-10-6-7-11-17(15)20(2)19(16)18(13)14-8-4-3-5-9-14;15-11-6-3-7-12(16)13(11)18-8-9-4-1-2-5-10(9)14(18)17;;;;/h3-11,13,16,18-19H,12H2,1-2H3;1-7H,8H2;3*1H3;/q;4*-1;+4. The Morgan fingerprint density at radius 2 is 1.36 bits per heavy atom. The fraction of sp³-hybridized carbons (Fsp3) is 0.222. The number of hydrogen-bond donors (Lipinski definition) is 0. The first-order valence-electron chi connectivity index (χ1n) is 13.2. The second-order valence-electron chi connectivity index (χ2n) is 10.6. The molecule has 3 aliphatic rings. The molecule has 0 amide bonds. The van der Waals surface area contributed by atoms with Gasteiger partial charge in [-0.25, -0.2) is 8.78 Å². The number of likely N-dealkylation sites (N-methyl/N-ethyl adjacent to an activating group) is 1. The van der Waals surface area contributed by atoms with Gasteiger partial charge in [0.25, 0.3) is 0 Å². The van der Waals surface area contributed by atoms with E-state index in [0.29, 0.717) is 23.4 Å². The number of anilines is 2. The summed E-state index contributed by atoms with van der Waals surface area (Å²) in [6.45, 7) is 2.69. The van der Waals surface area contributed by atoms with Gasteiger partial charge in [-0.1, -0.05) is 91.6 Å². The minimum atomic E-state index is -0.686. The third-order valence-electron chi connectivity index (χ3n) is 8.42. The minimum Gasteiger partial charge on any atom is -0.464 e. The number of fused-ring (bicyclic) bond motifs is 4. The number of halogens is 2. The summed E-state index contributed by atoms with van der Waals surface area (Å²) in [5.74, 6) is 0.622. The van der Waals surface area contributed by atoms with Crippen LogP contribution in [0.15, 0.2) is 97.1 Å². The first kappa shape index (κ1) is 34.9. The van der Waals surface area contributed by atoms with Gasteiger partial charge in [0.2, 0.25) is 0 Å². The van der Waals surface area contributed by atoms with Crippen LogP contribution in [0, 0.1) is 39.8 Å². The van der Waals surface area contributed by atoms with Crippen LogP contribution in [0.2, 0.25) is 0 Å². The van der Waals surface area contributed by atoms with Gasteiger partial charge in [0, 0.05) is 36.3 Å². The van der Waals surface area contributed by atoms with Crippen LogP contribution in [-0.4, -0.2) is 18.9 Å². The van der Waals surface area contributed by atoms with E-state index in [1.807, 2.05) is 12.1 Å². The van der Waals surface area contributed by atoms with Gasteiger partial charge in [0.15, 0.2) is 0 Å². The van der Waals surface area contributed by atoms with Gasteiger partial charge in [-0.05, 0) is 59.3 Å². The smallest absolute Gasteiger partial charge is 0.464 e. The molecule has 7 rings (SSSR count). The molecule has 216 valence electrons. The molecule has 42 heavy (non-hydrogen) atoms. The average molecular weight is 600 g/mol. The molecule has 1 aliphatic carbocycles. The Hall–Kier alpha value is -3.28. The molecule has 4 atom stereocenters. The Kier molecular flexibility index (Phi) is 11.9. The Balaban J connectivity index is 0.000000269. The monoisotopic (exact) mass is 599 g/mol. The molecule has 0 bridgehead atoms. The number of rotatable bonds is 2. The zero-order valence-electron chi connectivity index (χ0n) is 25.1. The summed E-state index contributed by atoms with van der Waals surface area (Å²) < 4.78 is 27.4. The minimum absolute atomic E-state index is 0. The average Bonchev–Trinajstić information content (AvgIpc) is 3.54. The van der Waals surface area contributed by atoms with E-state index in [1.54, 1.807) is 17.7 Å². The maximum atomic E-state index is 13.7. The van der Waals surface area contributed by atoms with Gasteiger partial charge in [-0.2, -0.15) is 0 Å². The van der Waals surface area contributed by atoms with Gasteiger partial charge in [-0.15, -0.1) is 0 Å². The van der Waals surface area contributed by atoms with E-state index in [-0.39, 0.29) is 62.1 Å². The van der Waals surface area contributed by atoms with E-state index < -0.39 is 11.6 Å². The van der Waals surface area contributed by atoms with Crippen molar-refractivity contribution in [3.8, 4) is 0 Å². The maximum absolute atomic E-state index is 13.7. The van der Waals surface area contributed by atoms with Crippen LogP contribution in [0.3, 0.4) is 0 Å². The summed E-state index contributed by atoms with van der Waals surface area (Å²) in [5, 5.41) is 10.1. The number of amidine groups is 1. The molecule has 0 saturated heterocycles. The van der Waals surface area contributed by atoms with E-state index in [1.165, 1.54) is 40.8 Å². The second-order valence-corrected chi connectivity index (χ2v) is 10.6. The van der Waals surface area contributed by atoms with Crippen LogP contribution in [0.5, 0.6) is 0 Å². The SMILES string of the molecule is CC1CC2c3ccccc3N(C)C2C1c1ccccc1.[CH3-].[CH3-].[CH3-].[N-]=C1c2ccccc2CN1c1c(F)cccc1F.[Ti+4]. The Bertz CT molecular complexity index is 1470. The van der Waals surface area contributed by atoms with Crippen LogP contribution in [0.25, 0.3) is 5.41 Å². The summed E-state index contributed by atoms with van der Waals surface area (Å²) in [7, 11) is 2.28. The first-order valence-corrected chi connectivity index (χ1v) is 13.2. The quantitative estimate of drug-likeness (QED) is 0.170. The van der Waals surface area contributed by atoms with Crippen molar-refractivity contribution in [3.63, 3.8) is 0 Å². The summed E-state index contributed by atoms with van der Waals surface area (Å²) in [5.41, 5.74) is 5.75. The van der Waals surface area contributed by atoms with Crippen LogP contribution >= 0.6 is 0 Å². The second kappa shape index (κ2) is 14.3. The zero-order chi connectivity index (χ0) is 26.4. The van der Waals surface area contributed by atoms with Crippen molar-refractivity contribution in [2.45, 2.75) is 37.8 Å². The van der Waals surface area contributed by atoms with Crippen LogP contribution in [-0.2, 0) is 28.3 Å². The predicted molar refractivity (Wildman–Crippen MR) is 170 cm³/mol. The van der Waals surface area contributed by atoms with E-state index >= 15 is 0 Å². The van der Waals surface area contributed by atoms with Crippen molar-refractivity contribution in [1.82, 2.24) is 0 Å². The van der Waals surface area contributed by atoms with Gasteiger partial charge in [0.05, 0.1) is 0 Å². The molecule has 0 radical (unpaired) electrons. The van der Waals surface area contributed by atoms with Crippen molar-refractivity contribution < 1.29 is 30.5 Å². The molecule has 0 spiro atoms. The number of para-hydroxylation sites is 2. The first-order chi connectivity index (χ1) is 18.5. The van der Waals surface area contributed by atoms with Crippen molar-refractivity contribution in [2.24, 2.45) is 5.92 Å². The molecular weight excluding hydrogens is 560 g/mol. The van der Waals surface area contributed by atoms with E-state index in [2.05, 4.69) is 73.5 Å². The molecule has 2 aliphatic heterocycles. The van der Waals surface area contributed by atoms with Gasteiger partial charge in [-0.3, -0.25) is 0 Å². The predicted octanol–water partition coefficient (Wildman–Crippen LogP) is 9.06. The molecule has 4 unspecified atom stereocenters. The van der Waals surface area contributed by atoms with Crippen molar-refractivity contribution in [2.75, 3.05) is 16.8 Å². The topological polar surface area (TPSA) is 28.8 Å². The van der Waals surface area contributed by atoms with Crippen LogP contribution < -0.4 is 9.80 Å². The molecule has 6 heteroatoms. The summed E-state index contributed by atoms with van der Waals surface area (Å²) in [6.07, 6.45) is 1.31. The third kappa shape index (κ3) is 5.95. The molecule has 0 aromatic heterocycles. The largest absolute Gasteiger partial charge is 4.00 e. The zero-order valence-corrected chi connectivity index (χ0v) is 26.6. The summed E-state index contributed by atoms with van der Waals surface area (Å²) in [6, 6.07) is 31.5. The fourth-order valence-corrected chi connectivity index (χ4v) is 6.78. The molecule has 3 nitrogen and oxygen atoms in total. The van der Waals surface area contributed by atoms with Crippen molar-refractivity contribution in [1.29, 1.82) is 0 Å². The van der Waals surface area contributed by atoms with Crippen LogP contribution in [0.1, 0.15) is 47.4 Å². The molecular formula is C36H39F2N3Ti. The van der Waals surface area contributed by atoms with Crippen LogP contribution in [0.4, 0.5) is 20.2 Å². The molecule has 1 fully saturated rings. The Labute approximate surface area is 266 Å². The third-order valence-corrected chi connectivity index (χ3v) is 8.42. The fourth-order valence-electron chi connectivity index (χ4n) is 6.78. The number of hydrogen-bond acceptors (Lipinski definition) is 1. The molecule has 4 aromatic rings. The molecule has 4 aromatic carbocycles. The molecule has 0 N–H and O–H groups in total.